The lowest BCUT2D eigenvalue weighted by molar-refractivity contribution is -0.141. The van der Waals surface area contributed by atoms with Gasteiger partial charge >= 0.3 is 5.97 Å². The van der Waals surface area contributed by atoms with E-state index in [1.165, 1.54) is 6.92 Å². The maximum Gasteiger partial charge on any atom is 0.305 e. The second-order valence-electron chi connectivity index (χ2n) is 18.3. The monoisotopic (exact) mass is 875 g/mol. The molecule has 3 heterocycles. The number of hydrogen-bond donors (Lipinski definition) is 9. The van der Waals surface area contributed by atoms with E-state index in [9.17, 15) is 43.8 Å². The number of amides is 6. The van der Waals surface area contributed by atoms with Gasteiger partial charge in [0.15, 0.2) is 0 Å². The number of nitrogens with zero attached hydrogens (tertiary/aromatic N) is 2. The van der Waals surface area contributed by atoms with Gasteiger partial charge in [-0.1, -0.05) is 32.0 Å². The van der Waals surface area contributed by atoms with E-state index in [2.05, 4.69) is 42.1 Å². The van der Waals surface area contributed by atoms with Crippen LogP contribution in [-0.2, 0) is 35.3 Å². The van der Waals surface area contributed by atoms with Crippen LogP contribution in [0.3, 0.4) is 0 Å². The second-order valence-corrected chi connectivity index (χ2v) is 18.3. The van der Waals surface area contributed by atoms with Gasteiger partial charge in [-0.2, -0.15) is 0 Å². The van der Waals surface area contributed by atoms with Gasteiger partial charge in [0.25, 0.3) is 5.91 Å². The van der Waals surface area contributed by atoms with Crippen LogP contribution < -0.4 is 42.1 Å². The minimum absolute atomic E-state index is 0.000935. The van der Waals surface area contributed by atoms with Crippen LogP contribution in [0.25, 0.3) is 11.1 Å². The van der Waals surface area contributed by atoms with Gasteiger partial charge in [-0.25, -0.2) is 0 Å². The van der Waals surface area contributed by atoms with Crippen LogP contribution >= 0.6 is 0 Å². The van der Waals surface area contributed by atoms with Crippen LogP contribution in [0.4, 0.5) is 5.69 Å². The van der Waals surface area contributed by atoms with Crippen LogP contribution in [-0.4, -0.2) is 137 Å². The maximum atomic E-state index is 14.3. The minimum Gasteiger partial charge on any atom is -0.481 e. The number of carboxylic acid groups (broad SMARTS) is 1. The molecule has 3 aliphatic rings. The van der Waals surface area contributed by atoms with Crippen LogP contribution in [0, 0.1) is 5.92 Å². The van der Waals surface area contributed by atoms with Crippen molar-refractivity contribution in [3.63, 3.8) is 0 Å². The number of carbonyl (C=O) groups excluding carboxylic acids is 6. The van der Waals surface area contributed by atoms with Gasteiger partial charge < -0.3 is 52.3 Å². The van der Waals surface area contributed by atoms with Gasteiger partial charge in [-0.05, 0) is 107 Å². The fourth-order valence-electron chi connectivity index (χ4n) is 8.40. The molecular weight excluding hydrogens is 811 g/mol. The number of fused-ring (bicyclic) bond motifs is 3. The molecule has 9 N–H and O–H groups in total. The molecule has 2 saturated heterocycles. The minimum atomic E-state index is -1.71. The Hall–Kier alpha value is -5.59. The highest BCUT2D eigenvalue weighted by atomic mass is 16.4. The highest BCUT2D eigenvalue weighted by Gasteiger charge is 2.43. The molecule has 0 unspecified atom stereocenters. The summed E-state index contributed by atoms with van der Waals surface area (Å²) in [5, 5.41) is 40.2. The van der Waals surface area contributed by atoms with E-state index >= 15 is 0 Å². The summed E-state index contributed by atoms with van der Waals surface area (Å²) in [5.74, 6) is -5.80. The molecule has 7 atom stereocenters. The van der Waals surface area contributed by atoms with Gasteiger partial charge in [0.1, 0.15) is 24.2 Å². The van der Waals surface area contributed by atoms with Crippen molar-refractivity contribution < 1.29 is 43.8 Å². The molecule has 0 aliphatic carbocycles. The normalized spacial score (nSPS) is 25.3. The van der Waals surface area contributed by atoms with Gasteiger partial charge in [0.05, 0.1) is 24.6 Å². The summed E-state index contributed by atoms with van der Waals surface area (Å²) < 4.78 is 0. The Bertz CT molecular complexity index is 2000. The number of aliphatic hydroxyl groups is 1. The van der Waals surface area contributed by atoms with Crippen molar-refractivity contribution in [1.29, 1.82) is 0 Å². The van der Waals surface area contributed by atoms with Gasteiger partial charge in [0, 0.05) is 49.5 Å². The lowest BCUT2D eigenvalue weighted by Crippen LogP contribution is -2.65. The number of aliphatic carboxylic acids is 1. The molecule has 344 valence electrons. The number of rotatable bonds is 8. The molecule has 0 aromatic heterocycles. The second kappa shape index (κ2) is 21.2. The predicted octanol–water partition coefficient (Wildman–Crippen LogP) is 0.615. The number of hydrogen-bond acceptors (Lipinski definition) is 11. The third-order valence-corrected chi connectivity index (χ3v) is 11.4. The molecule has 2 aromatic carbocycles. The summed E-state index contributed by atoms with van der Waals surface area (Å²) in [4.78, 5) is 100. The topological polar surface area (TPSA) is 251 Å². The largest absolute Gasteiger partial charge is 0.481 e. The summed E-state index contributed by atoms with van der Waals surface area (Å²) in [6.45, 7) is 15.8. The molecule has 2 aromatic rings. The van der Waals surface area contributed by atoms with E-state index in [-0.39, 0.29) is 30.4 Å². The number of piperazine rings is 1. The number of anilines is 1. The predicted molar refractivity (Wildman–Crippen MR) is 236 cm³/mol. The average molecular weight is 876 g/mol. The Labute approximate surface area is 369 Å². The third kappa shape index (κ3) is 13.0. The molecular formula is C45H65N9O9. The third-order valence-electron chi connectivity index (χ3n) is 11.4. The quantitative estimate of drug-likeness (QED) is 0.177. The van der Waals surface area contributed by atoms with E-state index < -0.39 is 89.8 Å². The van der Waals surface area contributed by atoms with E-state index in [1.54, 1.807) is 50.8 Å². The van der Waals surface area contributed by atoms with Crippen molar-refractivity contribution in [3.8, 4) is 11.1 Å². The lowest BCUT2D eigenvalue weighted by atomic mass is 9.96. The van der Waals surface area contributed by atoms with Gasteiger partial charge in [-0.3, -0.25) is 38.5 Å². The number of carbonyl (C=O) groups is 7. The Morgan fingerprint density at radius 3 is 2.10 bits per heavy atom. The summed E-state index contributed by atoms with van der Waals surface area (Å²) in [7, 11) is 0. The fourth-order valence-corrected chi connectivity index (χ4v) is 8.40. The zero-order valence-electron chi connectivity index (χ0n) is 37.4. The van der Waals surface area contributed by atoms with E-state index in [0.717, 1.165) is 43.0 Å². The first-order valence-electron chi connectivity index (χ1n) is 21.9. The summed E-state index contributed by atoms with van der Waals surface area (Å²) in [5.41, 5.74) is 2.77. The molecule has 0 radical (unpaired) electrons. The first kappa shape index (κ1) is 48.4. The average Bonchev–Trinajstić information content (AvgIpc) is 3.69. The van der Waals surface area contributed by atoms with Crippen LogP contribution in [0.15, 0.2) is 42.5 Å². The van der Waals surface area contributed by atoms with Crippen molar-refractivity contribution in [2.24, 2.45) is 5.92 Å². The van der Waals surface area contributed by atoms with Crippen molar-refractivity contribution >= 4 is 47.1 Å². The smallest absolute Gasteiger partial charge is 0.305 e. The number of aliphatic hydroxyl groups excluding tert-OH is 1. The molecule has 0 spiro atoms. The molecule has 2 bridgehead atoms. The number of nitrogens with one attached hydrogen (secondary N) is 7. The van der Waals surface area contributed by atoms with Crippen LogP contribution in [0.2, 0.25) is 0 Å². The Kier molecular flexibility index (Phi) is 16.3. The van der Waals surface area contributed by atoms with E-state index in [1.807, 2.05) is 38.1 Å². The Balaban J connectivity index is 1.58. The molecule has 2 fully saturated rings. The van der Waals surface area contributed by atoms with E-state index in [4.69, 9.17) is 0 Å². The highest BCUT2D eigenvalue weighted by molar-refractivity contribution is 6.00. The van der Waals surface area contributed by atoms with Crippen LogP contribution in [0.5, 0.6) is 0 Å². The zero-order valence-corrected chi connectivity index (χ0v) is 37.4. The lowest BCUT2D eigenvalue weighted by Gasteiger charge is -2.37. The van der Waals surface area contributed by atoms with Gasteiger partial charge in [0.2, 0.25) is 29.5 Å². The van der Waals surface area contributed by atoms with Crippen molar-refractivity contribution in [3.05, 3.63) is 53.6 Å². The molecule has 18 nitrogen and oxygen atoms in total. The first-order valence-corrected chi connectivity index (χ1v) is 21.9. The summed E-state index contributed by atoms with van der Waals surface area (Å²) in [6, 6.07) is 5.71. The standard InChI is InChI=1S/C45H65N9O9/c1-25(2)21-33-40(59)50-34(23-36(56)57)41(60)51-37(27(4)55)43(62)48-26(3)38(44(63)52-45(5,6)7)54-18-8-9-35(54)42(61)47-24-30-22-29(39(58)49-33)12-15-32(30)28-10-13-31(14-11-28)53-19-16-46-17-20-53/h10-15,22,25-27,33-35,37-38,46,55H,8-9,16-21,23-24H2,1-7H3,(H,47,61)(H,48,62)(H,49,58)(H,50,59)(H,51,60)(H,52,63)(H,56,57)/t26-,27+,33-,34-,35-,37-,38-/m0/s1. The summed E-state index contributed by atoms with van der Waals surface area (Å²) in [6.07, 6.45) is -1.28. The molecule has 5 rings (SSSR count). The number of carboxylic acids is 1. The molecule has 18 heteroatoms. The molecule has 3 aliphatic heterocycles. The van der Waals surface area contributed by atoms with Crippen molar-refractivity contribution in [2.75, 3.05) is 37.6 Å². The number of benzene rings is 2. The van der Waals surface area contributed by atoms with Crippen molar-refractivity contribution in [2.45, 2.75) is 129 Å². The fraction of sp³-hybridized carbons (Fsp3) is 0.578. The van der Waals surface area contributed by atoms with Crippen LogP contribution in [0.1, 0.15) is 90.1 Å². The van der Waals surface area contributed by atoms with Gasteiger partial charge in [-0.15, -0.1) is 0 Å². The molecule has 6 amide bonds. The highest BCUT2D eigenvalue weighted by Crippen LogP contribution is 2.29. The Morgan fingerprint density at radius 1 is 0.825 bits per heavy atom. The van der Waals surface area contributed by atoms with Crippen molar-refractivity contribution in [1.82, 2.24) is 42.1 Å². The first-order chi connectivity index (χ1) is 29.7. The SMILES string of the molecule is CC(C)C[C@@H]1NC(=O)c2ccc(-c3ccc(N4CCNCC4)cc3)c(c2)CNC(=O)[C@@H]2CCCN2[C@H](C(=O)NC(C)(C)C)[C@H](C)NC(=O)[C@H]([C@@H](C)O)NC(=O)[C@H](CC(=O)O)NC1=O. The molecule has 0 saturated carbocycles. The molecule has 63 heavy (non-hydrogen) atoms. The maximum absolute atomic E-state index is 14.3. The summed E-state index contributed by atoms with van der Waals surface area (Å²) >= 11 is 0. The zero-order chi connectivity index (χ0) is 46.2. The Morgan fingerprint density at radius 2 is 1.48 bits per heavy atom. The van der Waals surface area contributed by atoms with E-state index in [0.29, 0.717) is 24.9 Å².